The summed E-state index contributed by atoms with van der Waals surface area (Å²) in [5, 5.41) is 2.84. The zero-order valence-corrected chi connectivity index (χ0v) is 22.2. The van der Waals surface area contributed by atoms with Crippen molar-refractivity contribution >= 4 is 29.0 Å². The number of alkyl halides is 3. The Bertz CT molecular complexity index is 1140. The number of fused-ring (bicyclic) bond motifs is 5. The van der Waals surface area contributed by atoms with Crippen LogP contribution in [-0.2, 0) is 9.59 Å². The van der Waals surface area contributed by atoms with E-state index in [1.54, 1.807) is 0 Å². The van der Waals surface area contributed by atoms with E-state index >= 15 is 0 Å². The van der Waals surface area contributed by atoms with E-state index in [2.05, 4.69) is 35.8 Å². The number of anilines is 1. The third kappa shape index (κ3) is 4.64. The minimum absolute atomic E-state index is 0.0299. The Labute approximate surface area is 220 Å². The molecule has 3 aliphatic carbocycles. The topological polar surface area (TPSA) is 58.6 Å². The van der Waals surface area contributed by atoms with Crippen LogP contribution in [0.2, 0.25) is 5.02 Å². The van der Waals surface area contributed by atoms with Crippen molar-refractivity contribution in [2.75, 3.05) is 18.9 Å². The lowest BCUT2D eigenvalue weighted by Gasteiger charge is -2.63. The highest BCUT2D eigenvalue weighted by Crippen LogP contribution is 2.64. The van der Waals surface area contributed by atoms with Crippen LogP contribution in [0, 0.1) is 34.5 Å². The maximum atomic E-state index is 13.6. The minimum Gasteiger partial charge on any atom is -0.404 e. The largest absolute Gasteiger partial charge is 0.573 e. The number of benzene rings is 1. The number of amides is 1. The fourth-order valence-electron chi connectivity index (χ4n) is 8.22. The molecule has 37 heavy (non-hydrogen) atoms. The first-order valence-corrected chi connectivity index (χ1v) is 13.5. The van der Waals surface area contributed by atoms with Crippen molar-refractivity contribution in [3.05, 3.63) is 35.0 Å². The van der Waals surface area contributed by atoms with E-state index in [0.717, 1.165) is 50.4 Å². The standard InChI is InChI=1S/C28H34ClF3N2O3/c1-26-12-10-20-18(15-34(3)24-14-17(35)9-11-27(20,24)2)19(26)5-4-6-21(26)25(36)33-22-8-7-16(29)13-23(22)37-28(30,31)32/h7-8,13-14,18-21H,4-6,9-12,15H2,1-3H3,(H,33,36). The van der Waals surface area contributed by atoms with Gasteiger partial charge in [-0.1, -0.05) is 31.9 Å². The van der Waals surface area contributed by atoms with Gasteiger partial charge in [0.1, 0.15) is 0 Å². The molecule has 1 amide bonds. The van der Waals surface area contributed by atoms with E-state index in [0.29, 0.717) is 30.6 Å². The Kier molecular flexibility index (Phi) is 6.57. The molecule has 1 saturated heterocycles. The van der Waals surface area contributed by atoms with Crippen molar-refractivity contribution in [3.63, 3.8) is 0 Å². The molecule has 1 heterocycles. The number of hydrogen-bond donors (Lipinski definition) is 1. The molecule has 202 valence electrons. The normalized spacial score (nSPS) is 35.6. The number of ketones is 1. The van der Waals surface area contributed by atoms with Gasteiger partial charge in [0.05, 0.1) is 5.69 Å². The minimum atomic E-state index is -4.90. The molecule has 0 radical (unpaired) electrons. The summed E-state index contributed by atoms with van der Waals surface area (Å²) in [7, 11) is 2.07. The predicted molar refractivity (Wildman–Crippen MR) is 135 cm³/mol. The number of halogens is 4. The molecular weight excluding hydrogens is 505 g/mol. The van der Waals surface area contributed by atoms with E-state index in [1.807, 2.05) is 6.08 Å². The Morgan fingerprint density at radius 1 is 1.16 bits per heavy atom. The van der Waals surface area contributed by atoms with Crippen LogP contribution in [0.3, 0.4) is 0 Å². The predicted octanol–water partition coefficient (Wildman–Crippen LogP) is 6.82. The molecule has 6 atom stereocenters. The first-order chi connectivity index (χ1) is 17.3. The van der Waals surface area contributed by atoms with Gasteiger partial charge in [-0.3, -0.25) is 9.59 Å². The van der Waals surface area contributed by atoms with Gasteiger partial charge in [-0.25, -0.2) is 0 Å². The number of likely N-dealkylation sites (tertiary alicyclic amines) is 1. The maximum Gasteiger partial charge on any atom is 0.573 e. The van der Waals surface area contributed by atoms with Crippen LogP contribution < -0.4 is 10.1 Å². The van der Waals surface area contributed by atoms with Crippen molar-refractivity contribution in [2.45, 2.75) is 65.2 Å². The number of nitrogens with one attached hydrogen (secondary N) is 1. The van der Waals surface area contributed by atoms with Crippen LogP contribution in [0.1, 0.15) is 58.8 Å². The molecule has 2 saturated carbocycles. The molecule has 0 aromatic heterocycles. The van der Waals surface area contributed by atoms with Crippen molar-refractivity contribution in [1.29, 1.82) is 0 Å². The lowest BCUT2D eigenvalue weighted by molar-refractivity contribution is -0.274. The van der Waals surface area contributed by atoms with Crippen LogP contribution >= 0.6 is 11.6 Å². The second-order valence-corrected chi connectivity index (χ2v) is 12.3. The zero-order chi connectivity index (χ0) is 26.8. The van der Waals surface area contributed by atoms with Crippen molar-refractivity contribution in [3.8, 4) is 5.75 Å². The van der Waals surface area contributed by atoms with Gasteiger partial charge in [0.2, 0.25) is 5.91 Å². The molecule has 0 spiro atoms. The summed E-state index contributed by atoms with van der Waals surface area (Å²) in [4.78, 5) is 28.1. The number of hydrogen-bond acceptors (Lipinski definition) is 4. The molecule has 1 aromatic carbocycles. The average molecular weight is 539 g/mol. The fourth-order valence-corrected chi connectivity index (χ4v) is 8.39. The van der Waals surface area contributed by atoms with Gasteiger partial charge in [0.25, 0.3) is 0 Å². The van der Waals surface area contributed by atoms with E-state index in [4.69, 9.17) is 11.6 Å². The zero-order valence-electron chi connectivity index (χ0n) is 21.5. The van der Waals surface area contributed by atoms with E-state index in [1.165, 1.54) is 12.1 Å². The SMILES string of the molecule is CN1CC2C(CCC3(C)C(C(=O)Nc4ccc(Cl)cc4OC(F)(F)F)CCCC23)C2(C)CCC(=O)C=C12. The number of rotatable bonds is 3. The third-order valence-corrected chi connectivity index (χ3v) is 10.1. The van der Waals surface area contributed by atoms with Gasteiger partial charge < -0.3 is 15.0 Å². The second kappa shape index (κ2) is 9.21. The Hall–Kier alpha value is -2.22. The lowest BCUT2D eigenvalue weighted by atomic mass is 9.45. The van der Waals surface area contributed by atoms with Crippen molar-refractivity contribution < 1.29 is 27.5 Å². The molecule has 4 aliphatic rings. The average Bonchev–Trinajstić information content (AvgIpc) is 2.80. The highest BCUT2D eigenvalue weighted by Gasteiger charge is 2.59. The lowest BCUT2D eigenvalue weighted by Crippen LogP contribution is -2.60. The van der Waals surface area contributed by atoms with E-state index in [-0.39, 0.29) is 39.1 Å². The summed E-state index contributed by atoms with van der Waals surface area (Å²) in [6.45, 7) is 5.36. The summed E-state index contributed by atoms with van der Waals surface area (Å²) in [5.41, 5.74) is 0.815. The number of carbonyl (C=O) groups is 2. The molecule has 5 rings (SSSR count). The summed E-state index contributed by atoms with van der Waals surface area (Å²) in [6, 6.07) is 3.87. The molecule has 0 bridgehead atoms. The molecule has 3 fully saturated rings. The molecule has 6 unspecified atom stereocenters. The number of ether oxygens (including phenoxy) is 1. The van der Waals surface area contributed by atoms with Crippen LogP contribution in [0.25, 0.3) is 0 Å². The van der Waals surface area contributed by atoms with Crippen molar-refractivity contribution in [1.82, 2.24) is 4.90 Å². The second-order valence-electron chi connectivity index (χ2n) is 11.9. The molecule has 9 heteroatoms. The first-order valence-electron chi connectivity index (χ1n) is 13.1. The number of nitrogens with zero attached hydrogens (tertiary/aromatic N) is 1. The van der Waals surface area contributed by atoms with Gasteiger partial charge in [0.15, 0.2) is 11.5 Å². The summed E-state index contributed by atoms with van der Waals surface area (Å²) >= 11 is 5.90. The number of carbonyl (C=O) groups excluding carboxylic acids is 2. The van der Waals surface area contributed by atoms with Crippen LogP contribution in [0.4, 0.5) is 18.9 Å². The van der Waals surface area contributed by atoms with Crippen LogP contribution in [0.5, 0.6) is 5.75 Å². The summed E-state index contributed by atoms with van der Waals surface area (Å²) in [5.74, 6) is 0.279. The van der Waals surface area contributed by atoms with Gasteiger partial charge in [0, 0.05) is 54.2 Å². The van der Waals surface area contributed by atoms with Gasteiger partial charge in [-0.05, 0) is 67.4 Å². The van der Waals surface area contributed by atoms with Gasteiger partial charge in [-0.2, -0.15) is 0 Å². The highest BCUT2D eigenvalue weighted by atomic mass is 35.5. The monoisotopic (exact) mass is 538 g/mol. The maximum absolute atomic E-state index is 13.6. The van der Waals surface area contributed by atoms with Crippen LogP contribution in [-0.4, -0.2) is 36.5 Å². The van der Waals surface area contributed by atoms with Gasteiger partial charge in [-0.15, -0.1) is 13.2 Å². The molecular formula is C28H34ClF3N2O3. The molecule has 1 aromatic rings. The number of piperidine rings is 1. The summed E-state index contributed by atoms with van der Waals surface area (Å²) < 4.78 is 43.1. The fraction of sp³-hybridized carbons (Fsp3) is 0.643. The first kappa shape index (κ1) is 26.4. The quantitative estimate of drug-likeness (QED) is 0.458. The summed E-state index contributed by atoms with van der Waals surface area (Å²) in [6.07, 6.45) is 2.86. The molecule has 1 N–H and O–H groups in total. The van der Waals surface area contributed by atoms with E-state index < -0.39 is 12.1 Å². The highest BCUT2D eigenvalue weighted by molar-refractivity contribution is 6.30. The molecule has 5 nitrogen and oxygen atoms in total. The van der Waals surface area contributed by atoms with E-state index in [9.17, 15) is 22.8 Å². The van der Waals surface area contributed by atoms with Crippen molar-refractivity contribution in [2.24, 2.45) is 34.5 Å². The van der Waals surface area contributed by atoms with Crippen LogP contribution in [0.15, 0.2) is 30.0 Å². The van der Waals surface area contributed by atoms with Gasteiger partial charge >= 0.3 is 6.36 Å². The smallest absolute Gasteiger partial charge is 0.404 e. The number of allylic oxidation sites excluding steroid dienone is 2. The Balaban J connectivity index is 1.40. The Morgan fingerprint density at radius 2 is 1.92 bits per heavy atom. The molecule has 1 aliphatic heterocycles. The third-order valence-electron chi connectivity index (χ3n) is 9.91. The Morgan fingerprint density at radius 3 is 2.65 bits per heavy atom.